The van der Waals surface area contributed by atoms with Crippen LogP contribution in [-0.2, 0) is 0 Å². The molecule has 0 aromatic rings. The van der Waals surface area contributed by atoms with Gasteiger partial charge >= 0.3 is 0 Å². The fraction of sp³-hybridized carbons (Fsp3) is 0.571. The number of aliphatic imine (C=N–C) groups is 1. The number of hydrogen-bond acceptors (Lipinski definition) is 1. The molecule has 0 aliphatic carbocycles. The third-order valence-corrected chi connectivity index (χ3v) is 1.08. The molecule has 2 N–H and O–H groups in total. The van der Waals surface area contributed by atoms with E-state index in [4.69, 9.17) is 5.73 Å². The SMILES string of the molecule is C/C=C(/CCC)N=CN. The summed E-state index contributed by atoms with van der Waals surface area (Å²) in [4.78, 5) is 3.95. The summed E-state index contributed by atoms with van der Waals surface area (Å²) >= 11 is 0. The Kier molecular flexibility index (Phi) is 4.88. The zero-order valence-electron chi connectivity index (χ0n) is 6.09. The van der Waals surface area contributed by atoms with E-state index in [1.807, 2.05) is 13.0 Å². The molecule has 0 atom stereocenters. The van der Waals surface area contributed by atoms with Crippen LogP contribution in [0, 0.1) is 0 Å². The standard InChI is InChI=1S/C7H14N2/c1-3-5-7(4-2)9-6-8/h4,6H,3,5H2,1-2H3,(H2,8,9)/b7-4-. The van der Waals surface area contributed by atoms with Crippen molar-refractivity contribution in [2.24, 2.45) is 10.7 Å². The molecule has 0 spiro atoms. The average molecular weight is 126 g/mol. The van der Waals surface area contributed by atoms with Gasteiger partial charge in [0, 0.05) is 5.70 Å². The van der Waals surface area contributed by atoms with E-state index in [0.29, 0.717) is 0 Å². The average Bonchev–Trinajstić information content (AvgIpc) is 1.88. The third-order valence-electron chi connectivity index (χ3n) is 1.08. The van der Waals surface area contributed by atoms with Gasteiger partial charge < -0.3 is 5.73 Å². The van der Waals surface area contributed by atoms with Crippen molar-refractivity contribution < 1.29 is 0 Å². The van der Waals surface area contributed by atoms with E-state index in [2.05, 4.69) is 11.9 Å². The van der Waals surface area contributed by atoms with E-state index in [1.54, 1.807) is 0 Å². The Hall–Kier alpha value is -0.790. The van der Waals surface area contributed by atoms with E-state index >= 15 is 0 Å². The van der Waals surface area contributed by atoms with E-state index in [0.717, 1.165) is 18.5 Å². The third kappa shape index (κ3) is 3.76. The molecule has 0 aromatic heterocycles. The van der Waals surface area contributed by atoms with E-state index < -0.39 is 0 Å². The largest absolute Gasteiger partial charge is 0.390 e. The highest BCUT2D eigenvalue weighted by atomic mass is 14.8. The lowest BCUT2D eigenvalue weighted by Crippen LogP contribution is -1.89. The van der Waals surface area contributed by atoms with Gasteiger partial charge in [-0.25, -0.2) is 4.99 Å². The van der Waals surface area contributed by atoms with Crippen LogP contribution in [0.2, 0.25) is 0 Å². The molecule has 0 bridgehead atoms. The molecule has 9 heavy (non-hydrogen) atoms. The van der Waals surface area contributed by atoms with Crippen LogP contribution in [-0.4, -0.2) is 6.34 Å². The van der Waals surface area contributed by atoms with Crippen LogP contribution in [0.25, 0.3) is 0 Å². The van der Waals surface area contributed by atoms with Gasteiger partial charge in [-0.05, 0) is 13.3 Å². The quantitative estimate of drug-likeness (QED) is 0.453. The predicted octanol–water partition coefficient (Wildman–Crippen LogP) is 1.68. The van der Waals surface area contributed by atoms with Crippen molar-refractivity contribution in [3.05, 3.63) is 11.8 Å². The van der Waals surface area contributed by atoms with Crippen molar-refractivity contribution in [1.29, 1.82) is 0 Å². The molecule has 52 valence electrons. The molecule has 0 aromatic carbocycles. The zero-order chi connectivity index (χ0) is 7.11. The first-order valence-electron chi connectivity index (χ1n) is 3.24. The molecule has 0 heterocycles. The molecule has 2 heteroatoms. The van der Waals surface area contributed by atoms with Gasteiger partial charge in [0.05, 0.1) is 6.34 Å². The smallest absolute Gasteiger partial charge is 0.0856 e. The fourth-order valence-corrected chi connectivity index (χ4v) is 0.635. The second-order valence-corrected chi connectivity index (χ2v) is 1.81. The predicted molar refractivity (Wildman–Crippen MR) is 41.3 cm³/mol. The lowest BCUT2D eigenvalue weighted by molar-refractivity contribution is 0.891. The van der Waals surface area contributed by atoms with Gasteiger partial charge in [-0.1, -0.05) is 19.4 Å². The van der Waals surface area contributed by atoms with E-state index in [1.165, 1.54) is 6.34 Å². The monoisotopic (exact) mass is 126 g/mol. The summed E-state index contributed by atoms with van der Waals surface area (Å²) in [5.41, 5.74) is 6.17. The minimum Gasteiger partial charge on any atom is -0.390 e. The Labute approximate surface area is 56.5 Å². The summed E-state index contributed by atoms with van der Waals surface area (Å²) in [7, 11) is 0. The molecule has 0 saturated carbocycles. The van der Waals surface area contributed by atoms with Crippen LogP contribution in [0.4, 0.5) is 0 Å². The van der Waals surface area contributed by atoms with Crippen LogP contribution in [0.15, 0.2) is 16.8 Å². The minimum absolute atomic E-state index is 1.02. The van der Waals surface area contributed by atoms with Crippen molar-refractivity contribution >= 4 is 6.34 Å². The highest BCUT2D eigenvalue weighted by Gasteiger charge is 1.86. The van der Waals surface area contributed by atoms with Crippen LogP contribution in [0.5, 0.6) is 0 Å². The van der Waals surface area contributed by atoms with Gasteiger partial charge in [0.2, 0.25) is 0 Å². The maximum atomic E-state index is 5.10. The summed E-state index contributed by atoms with van der Waals surface area (Å²) in [5, 5.41) is 0. The molecule has 2 nitrogen and oxygen atoms in total. The molecule has 0 aliphatic rings. The number of rotatable bonds is 3. The van der Waals surface area contributed by atoms with Gasteiger partial charge in [-0.3, -0.25) is 0 Å². The Bertz CT molecular complexity index is 114. The lowest BCUT2D eigenvalue weighted by atomic mass is 10.2. The zero-order valence-corrected chi connectivity index (χ0v) is 6.09. The maximum absolute atomic E-state index is 5.10. The number of nitrogens with two attached hydrogens (primary N) is 1. The first-order chi connectivity index (χ1) is 4.35. The molecular weight excluding hydrogens is 112 g/mol. The first-order valence-corrected chi connectivity index (χ1v) is 3.24. The van der Waals surface area contributed by atoms with Crippen molar-refractivity contribution in [2.75, 3.05) is 0 Å². The van der Waals surface area contributed by atoms with Gasteiger partial charge in [0.25, 0.3) is 0 Å². The van der Waals surface area contributed by atoms with Gasteiger partial charge in [-0.15, -0.1) is 0 Å². The van der Waals surface area contributed by atoms with E-state index in [9.17, 15) is 0 Å². The van der Waals surface area contributed by atoms with Crippen molar-refractivity contribution in [3.63, 3.8) is 0 Å². The van der Waals surface area contributed by atoms with Gasteiger partial charge in [0.1, 0.15) is 0 Å². The van der Waals surface area contributed by atoms with E-state index in [-0.39, 0.29) is 0 Å². The summed E-state index contributed by atoms with van der Waals surface area (Å²) < 4.78 is 0. The number of allylic oxidation sites excluding steroid dienone is 2. The summed E-state index contributed by atoms with van der Waals surface area (Å²) in [6, 6.07) is 0. The summed E-state index contributed by atoms with van der Waals surface area (Å²) in [6.07, 6.45) is 5.46. The Morgan fingerprint density at radius 1 is 1.67 bits per heavy atom. The molecule has 0 amide bonds. The lowest BCUT2D eigenvalue weighted by Gasteiger charge is -1.93. The molecule has 0 fully saturated rings. The second kappa shape index (κ2) is 5.35. The molecule has 0 unspecified atom stereocenters. The van der Waals surface area contributed by atoms with Crippen molar-refractivity contribution in [1.82, 2.24) is 0 Å². The highest BCUT2D eigenvalue weighted by Crippen LogP contribution is 2.03. The van der Waals surface area contributed by atoms with Crippen LogP contribution >= 0.6 is 0 Å². The summed E-state index contributed by atoms with van der Waals surface area (Å²) in [6.45, 7) is 4.09. The van der Waals surface area contributed by atoms with Gasteiger partial charge in [0.15, 0.2) is 0 Å². The molecule has 0 rings (SSSR count). The van der Waals surface area contributed by atoms with Crippen LogP contribution in [0.3, 0.4) is 0 Å². The summed E-state index contributed by atoms with van der Waals surface area (Å²) in [5.74, 6) is 0. The first kappa shape index (κ1) is 8.21. The molecule has 0 aliphatic heterocycles. The minimum atomic E-state index is 1.02. The Morgan fingerprint density at radius 3 is 2.67 bits per heavy atom. The topological polar surface area (TPSA) is 38.4 Å². The van der Waals surface area contributed by atoms with Gasteiger partial charge in [-0.2, -0.15) is 0 Å². The molecular formula is C7H14N2. The van der Waals surface area contributed by atoms with Crippen molar-refractivity contribution in [3.8, 4) is 0 Å². The van der Waals surface area contributed by atoms with Crippen molar-refractivity contribution in [2.45, 2.75) is 26.7 Å². The number of hydrogen-bond donors (Lipinski definition) is 1. The maximum Gasteiger partial charge on any atom is 0.0856 e. The normalized spacial score (nSPS) is 12.9. The van der Waals surface area contributed by atoms with Crippen LogP contribution in [0.1, 0.15) is 26.7 Å². The second-order valence-electron chi connectivity index (χ2n) is 1.81. The Morgan fingerprint density at radius 2 is 2.33 bits per heavy atom. The van der Waals surface area contributed by atoms with Crippen LogP contribution < -0.4 is 5.73 Å². The molecule has 0 saturated heterocycles. The number of nitrogens with zero attached hydrogens (tertiary/aromatic N) is 1. The Balaban J connectivity index is 3.70. The molecule has 0 radical (unpaired) electrons. The fourth-order valence-electron chi connectivity index (χ4n) is 0.635. The highest BCUT2D eigenvalue weighted by molar-refractivity contribution is 5.53.